The van der Waals surface area contributed by atoms with E-state index in [1.807, 2.05) is 0 Å². The quantitative estimate of drug-likeness (QED) is 0.520. The largest absolute Gasteiger partial charge is 0.312 e. The standard InChI is InChI=1S/C20H20ClN3O3S/c1-20(2,3)11-4-6-13-15(10-22)19(28-17(13)8-11)23-18(25)14-7-5-12(21)9-16(14)24(26)27/h5,7,9,11H,4,6,8H2,1-3H3,(H,23,25). The summed E-state index contributed by atoms with van der Waals surface area (Å²) in [6.45, 7) is 6.64. The highest BCUT2D eigenvalue weighted by atomic mass is 35.5. The van der Waals surface area contributed by atoms with Crippen molar-refractivity contribution in [1.82, 2.24) is 0 Å². The van der Waals surface area contributed by atoms with Crippen LogP contribution < -0.4 is 5.32 Å². The molecule has 1 heterocycles. The van der Waals surface area contributed by atoms with Crippen molar-refractivity contribution in [3.05, 3.63) is 54.9 Å². The molecule has 0 saturated carbocycles. The van der Waals surface area contributed by atoms with E-state index < -0.39 is 10.8 Å². The van der Waals surface area contributed by atoms with Crippen molar-refractivity contribution in [3.63, 3.8) is 0 Å². The first kappa shape index (κ1) is 20.3. The third-order valence-electron chi connectivity index (χ3n) is 5.23. The van der Waals surface area contributed by atoms with Gasteiger partial charge in [0.1, 0.15) is 16.6 Å². The van der Waals surface area contributed by atoms with Gasteiger partial charge >= 0.3 is 0 Å². The Kier molecular flexibility index (Phi) is 5.46. The number of carbonyl (C=O) groups is 1. The van der Waals surface area contributed by atoms with E-state index in [1.54, 1.807) is 0 Å². The number of hydrogen-bond donors (Lipinski definition) is 1. The number of rotatable bonds is 3. The molecule has 1 amide bonds. The van der Waals surface area contributed by atoms with E-state index in [-0.39, 0.29) is 21.7 Å². The first-order chi connectivity index (χ1) is 13.1. The highest BCUT2D eigenvalue weighted by molar-refractivity contribution is 7.16. The van der Waals surface area contributed by atoms with Gasteiger partial charge in [-0.05, 0) is 48.3 Å². The molecule has 1 N–H and O–H groups in total. The lowest BCUT2D eigenvalue weighted by molar-refractivity contribution is -0.385. The number of hydrogen-bond acceptors (Lipinski definition) is 5. The zero-order chi connectivity index (χ0) is 20.6. The van der Waals surface area contributed by atoms with Crippen molar-refractivity contribution in [3.8, 4) is 6.07 Å². The van der Waals surface area contributed by atoms with Crippen molar-refractivity contribution >= 4 is 39.5 Å². The fourth-order valence-electron chi connectivity index (χ4n) is 3.55. The number of nitro benzene ring substituents is 1. The minimum Gasteiger partial charge on any atom is -0.312 e. The first-order valence-corrected chi connectivity index (χ1v) is 10.1. The molecule has 28 heavy (non-hydrogen) atoms. The second kappa shape index (κ2) is 7.53. The predicted molar refractivity (Wildman–Crippen MR) is 110 cm³/mol. The van der Waals surface area contributed by atoms with Gasteiger partial charge in [-0.1, -0.05) is 32.4 Å². The summed E-state index contributed by atoms with van der Waals surface area (Å²) in [6, 6.07) is 6.11. The van der Waals surface area contributed by atoms with Crippen molar-refractivity contribution in [2.45, 2.75) is 40.0 Å². The summed E-state index contributed by atoms with van der Waals surface area (Å²) in [7, 11) is 0. The number of amides is 1. The number of thiophene rings is 1. The van der Waals surface area contributed by atoms with Crippen LogP contribution in [0.15, 0.2) is 18.2 Å². The van der Waals surface area contributed by atoms with E-state index in [0.717, 1.165) is 35.8 Å². The Labute approximate surface area is 172 Å². The number of nitrogens with zero attached hydrogens (tertiary/aromatic N) is 2. The molecule has 1 aliphatic rings. The third kappa shape index (κ3) is 3.89. The van der Waals surface area contributed by atoms with Crippen molar-refractivity contribution in [1.29, 1.82) is 5.26 Å². The van der Waals surface area contributed by atoms with Gasteiger partial charge in [-0.15, -0.1) is 11.3 Å². The molecular weight excluding hydrogens is 398 g/mol. The Bertz CT molecular complexity index is 1000. The van der Waals surface area contributed by atoms with Crippen LogP contribution in [-0.4, -0.2) is 10.8 Å². The lowest BCUT2D eigenvalue weighted by Crippen LogP contribution is -2.26. The molecule has 1 aromatic carbocycles. The van der Waals surface area contributed by atoms with Gasteiger partial charge < -0.3 is 5.32 Å². The Balaban J connectivity index is 1.93. The van der Waals surface area contributed by atoms with Crippen LogP contribution in [-0.2, 0) is 12.8 Å². The van der Waals surface area contributed by atoms with Crippen molar-refractivity contribution < 1.29 is 9.72 Å². The van der Waals surface area contributed by atoms with Crippen LogP contribution in [0.2, 0.25) is 5.02 Å². The average molecular weight is 418 g/mol. The monoisotopic (exact) mass is 417 g/mol. The predicted octanol–water partition coefficient (Wildman–Crippen LogP) is 5.58. The summed E-state index contributed by atoms with van der Waals surface area (Å²) in [4.78, 5) is 24.4. The molecule has 0 radical (unpaired) electrons. The van der Waals surface area contributed by atoms with E-state index in [1.165, 1.54) is 23.5 Å². The minimum atomic E-state index is -0.640. The smallest absolute Gasteiger partial charge is 0.283 e. The molecular formula is C20H20ClN3O3S. The number of benzene rings is 1. The molecule has 8 heteroatoms. The van der Waals surface area contributed by atoms with E-state index in [4.69, 9.17) is 11.6 Å². The topological polar surface area (TPSA) is 96.0 Å². The number of fused-ring (bicyclic) bond motifs is 1. The zero-order valence-corrected chi connectivity index (χ0v) is 17.4. The molecule has 0 bridgehead atoms. The molecule has 0 saturated heterocycles. The fraction of sp³-hybridized carbons (Fsp3) is 0.400. The van der Waals surface area contributed by atoms with Gasteiger partial charge in [0.05, 0.1) is 10.5 Å². The van der Waals surface area contributed by atoms with Gasteiger partial charge in [-0.25, -0.2) is 0 Å². The molecule has 1 aliphatic carbocycles. The lowest BCUT2D eigenvalue weighted by Gasteiger charge is -2.33. The van der Waals surface area contributed by atoms with Crippen molar-refractivity contribution in [2.24, 2.45) is 11.3 Å². The highest BCUT2D eigenvalue weighted by Crippen LogP contribution is 2.44. The first-order valence-electron chi connectivity index (χ1n) is 8.91. The van der Waals surface area contributed by atoms with Crippen LogP contribution in [0.1, 0.15) is 53.6 Å². The number of halogens is 1. The van der Waals surface area contributed by atoms with E-state index in [9.17, 15) is 20.2 Å². The molecule has 0 spiro atoms. The van der Waals surface area contributed by atoms with Gasteiger partial charge in [-0.3, -0.25) is 14.9 Å². The fourth-order valence-corrected chi connectivity index (χ4v) is 4.99. The molecule has 0 aliphatic heterocycles. The minimum absolute atomic E-state index is 0.0859. The van der Waals surface area contributed by atoms with E-state index in [2.05, 4.69) is 32.2 Å². The van der Waals surface area contributed by atoms with Crippen LogP contribution in [0.25, 0.3) is 0 Å². The highest BCUT2D eigenvalue weighted by Gasteiger charge is 2.32. The van der Waals surface area contributed by atoms with Crippen LogP contribution in [0, 0.1) is 32.8 Å². The maximum absolute atomic E-state index is 12.7. The molecule has 1 unspecified atom stereocenters. The van der Waals surface area contributed by atoms with E-state index in [0.29, 0.717) is 16.5 Å². The Hall–Kier alpha value is -2.43. The molecule has 2 aromatic rings. The molecule has 3 rings (SSSR count). The summed E-state index contributed by atoms with van der Waals surface area (Å²) in [5.41, 5.74) is 1.18. The van der Waals surface area contributed by atoms with Gasteiger partial charge in [0.15, 0.2) is 0 Å². The van der Waals surface area contributed by atoms with Crippen LogP contribution in [0.4, 0.5) is 10.7 Å². The summed E-state index contributed by atoms with van der Waals surface area (Å²) in [5.74, 6) is -0.114. The number of nitriles is 1. The third-order valence-corrected chi connectivity index (χ3v) is 6.63. The number of anilines is 1. The molecule has 6 nitrogen and oxygen atoms in total. The van der Waals surface area contributed by atoms with Crippen LogP contribution in [0.5, 0.6) is 0 Å². The zero-order valence-electron chi connectivity index (χ0n) is 15.8. The Morgan fingerprint density at radius 2 is 2.14 bits per heavy atom. The van der Waals surface area contributed by atoms with Gasteiger partial charge in [-0.2, -0.15) is 5.26 Å². The Morgan fingerprint density at radius 1 is 1.43 bits per heavy atom. The summed E-state index contributed by atoms with van der Waals surface area (Å²) < 4.78 is 0. The normalized spacial score (nSPS) is 16.2. The summed E-state index contributed by atoms with van der Waals surface area (Å²) in [5, 5.41) is 24.2. The molecule has 0 fully saturated rings. The number of carbonyl (C=O) groups excluding carboxylic acids is 1. The number of nitro groups is 1. The lowest BCUT2D eigenvalue weighted by atomic mass is 9.72. The molecule has 1 atom stereocenters. The van der Waals surface area contributed by atoms with Gasteiger partial charge in [0, 0.05) is 16.0 Å². The van der Waals surface area contributed by atoms with Gasteiger partial charge in [0.25, 0.3) is 11.6 Å². The second-order valence-electron chi connectivity index (χ2n) is 8.00. The van der Waals surface area contributed by atoms with Gasteiger partial charge in [0.2, 0.25) is 0 Å². The van der Waals surface area contributed by atoms with Crippen LogP contribution >= 0.6 is 22.9 Å². The maximum atomic E-state index is 12.7. The SMILES string of the molecule is CC(C)(C)C1CCc2c(sc(NC(=O)c3ccc(Cl)cc3[N+](=O)[O-])c2C#N)C1. The van der Waals surface area contributed by atoms with Crippen molar-refractivity contribution in [2.75, 3.05) is 5.32 Å². The summed E-state index contributed by atoms with van der Waals surface area (Å²) in [6.07, 6.45) is 2.67. The average Bonchev–Trinajstić information content (AvgIpc) is 2.96. The Morgan fingerprint density at radius 3 is 2.75 bits per heavy atom. The number of nitrogens with one attached hydrogen (secondary N) is 1. The molecule has 146 valence electrons. The summed E-state index contributed by atoms with van der Waals surface area (Å²) >= 11 is 7.21. The second-order valence-corrected chi connectivity index (χ2v) is 9.54. The molecule has 1 aromatic heterocycles. The van der Waals surface area contributed by atoms with Crippen LogP contribution in [0.3, 0.4) is 0 Å². The maximum Gasteiger partial charge on any atom is 0.283 e. The van der Waals surface area contributed by atoms with E-state index >= 15 is 0 Å².